The molecule has 2 aromatic carbocycles. The normalized spacial score (nSPS) is 10.5. The van der Waals surface area contributed by atoms with Crippen LogP contribution in [0.15, 0.2) is 46.9 Å². The zero-order chi connectivity index (χ0) is 18.2. The lowest BCUT2D eigenvalue weighted by Crippen LogP contribution is -1.99. The lowest BCUT2D eigenvalue weighted by Gasteiger charge is -2.09. The first-order valence-corrected chi connectivity index (χ1v) is 8.69. The van der Waals surface area contributed by atoms with Crippen LogP contribution in [0.1, 0.15) is 11.1 Å². The zero-order valence-corrected chi connectivity index (χ0v) is 16.1. The summed E-state index contributed by atoms with van der Waals surface area (Å²) in [6, 6.07) is 10.8. The van der Waals surface area contributed by atoms with Crippen LogP contribution in [0.4, 0.5) is 0 Å². The molecule has 0 amide bonds. The van der Waals surface area contributed by atoms with Gasteiger partial charge in [-0.3, -0.25) is 0 Å². The van der Waals surface area contributed by atoms with Crippen LogP contribution >= 0.6 is 39.1 Å². The second-order valence-electron chi connectivity index (χ2n) is 4.87. The molecule has 2 aromatic rings. The fraction of sp³-hybridized carbons (Fsp3) is 0.105. The van der Waals surface area contributed by atoms with Crippen molar-refractivity contribution in [3.8, 4) is 18.1 Å². The number of ether oxygens (including phenoxy) is 2. The molecule has 0 bridgehead atoms. The van der Waals surface area contributed by atoms with Crippen LogP contribution in [0.25, 0.3) is 6.08 Å². The van der Waals surface area contributed by atoms with E-state index in [0.717, 1.165) is 15.6 Å². The number of hydrogen-bond acceptors (Lipinski definition) is 3. The SMILES string of the molecule is C#CCOC(=O)/C=C/c1ccc(OCc2ccc(Cl)c(Cl)c2)c(Br)c1. The molecular formula is C19H13BrCl2O3. The van der Waals surface area contributed by atoms with Gasteiger partial charge in [0, 0.05) is 6.08 Å². The van der Waals surface area contributed by atoms with E-state index >= 15 is 0 Å². The van der Waals surface area contributed by atoms with Crippen molar-refractivity contribution in [2.24, 2.45) is 0 Å². The van der Waals surface area contributed by atoms with Gasteiger partial charge >= 0.3 is 5.97 Å². The number of halogens is 3. The Balaban J connectivity index is 1.99. The topological polar surface area (TPSA) is 35.5 Å². The molecule has 25 heavy (non-hydrogen) atoms. The molecule has 0 heterocycles. The number of terminal acetylenes is 1. The molecule has 6 heteroatoms. The van der Waals surface area contributed by atoms with Gasteiger partial charge in [-0.1, -0.05) is 41.3 Å². The average Bonchev–Trinajstić information content (AvgIpc) is 2.60. The number of hydrogen-bond donors (Lipinski definition) is 0. The number of carbonyl (C=O) groups excluding carboxylic acids is 1. The third-order valence-electron chi connectivity index (χ3n) is 3.04. The largest absolute Gasteiger partial charge is 0.488 e. The smallest absolute Gasteiger partial charge is 0.331 e. The van der Waals surface area contributed by atoms with Gasteiger partial charge in [-0.15, -0.1) is 6.42 Å². The minimum atomic E-state index is -0.492. The van der Waals surface area contributed by atoms with Gasteiger partial charge in [0.05, 0.1) is 14.5 Å². The van der Waals surface area contributed by atoms with Gasteiger partial charge in [0.1, 0.15) is 12.4 Å². The van der Waals surface area contributed by atoms with Crippen LogP contribution in [-0.2, 0) is 16.1 Å². The standard InChI is InChI=1S/C19H13BrCl2O3/c1-2-9-24-19(23)8-5-13-4-7-18(15(20)10-13)25-12-14-3-6-16(21)17(22)11-14/h1,3-8,10-11H,9,12H2/b8-5+. The number of carbonyl (C=O) groups is 1. The molecular weight excluding hydrogens is 427 g/mol. The predicted molar refractivity (Wildman–Crippen MR) is 104 cm³/mol. The van der Waals surface area contributed by atoms with Crippen molar-refractivity contribution >= 4 is 51.2 Å². The van der Waals surface area contributed by atoms with Crippen molar-refractivity contribution in [1.82, 2.24) is 0 Å². The molecule has 0 aliphatic carbocycles. The van der Waals surface area contributed by atoms with Crippen molar-refractivity contribution in [3.63, 3.8) is 0 Å². The fourth-order valence-electron chi connectivity index (χ4n) is 1.85. The Bertz CT molecular complexity index is 841. The van der Waals surface area contributed by atoms with Gasteiger partial charge in [0.25, 0.3) is 0 Å². The van der Waals surface area contributed by atoms with Crippen molar-refractivity contribution in [1.29, 1.82) is 0 Å². The molecule has 0 aromatic heterocycles. The minimum Gasteiger partial charge on any atom is -0.488 e. The van der Waals surface area contributed by atoms with E-state index in [-0.39, 0.29) is 6.61 Å². The first-order valence-electron chi connectivity index (χ1n) is 7.14. The van der Waals surface area contributed by atoms with E-state index in [0.29, 0.717) is 22.4 Å². The summed E-state index contributed by atoms with van der Waals surface area (Å²) in [6.07, 6.45) is 7.97. The van der Waals surface area contributed by atoms with Gasteiger partial charge in [-0.05, 0) is 57.4 Å². The van der Waals surface area contributed by atoms with E-state index in [2.05, 4.69) is 21.9 Å². The van der Waals surface area contributed by atoms with E-state index in [1.807, 2.05) is 18.2 Å². The highest BCUT2D eigenvalue weighted by Gasteiger charge is 2.05. The Morgan fingerprint density at radius 2 is 2.00 bits per heavy atom. The zero-order valence-electron chi connectivity index (χ0n) is 13.0. The molecule has 2 rings (SSSR count). The van der Waals surface area contributed by atoms with Crippen molar-refractivity contribution in [2.45, 2.75) is 6.61 Å². The maximum Gasteiger partial charge on any atom is 0.331 e. The van der Waals surface area contributed by atoms with Gasteiger partial charge in [-0.25, -0.2) is 4.79 Å². The van der Waals surface area contributed by atoms with E-state index in [1.54, 1.807) is 24.3 Å². The first-order chi connectivity index (χ1) is 12.0. The summed E-state index contributed by atoms with van der Waals surface area (Å²) in [7, 11) is 0. The Hall–Kier alpha value is -1.93. The Labute approximate surface area is 164 Å². The van der Waals surface area contributed by atoms with Gasteiger partial charge in [-0.2, -0.15) is 0 Å². The summed E-state index contributed by atoms with van der Waals surface area (Å²) in [5.41, 5.74) is 1.72. The molecule has 0 atom stereocenters. The lowest BCUT2D eigenvalue weighted by atomic mass is 10.2. The Morgan fingerprint density at radius 3 is 2.68 bits per heavy atom. The fourth-order valence-corrected chi connectivity index (χ4v) is 2.69. The summed E-state index contributed by atoms with van der Waals surface area (Å²) < 4.78 is 11.3. The molecule has 0 radical (unpaired) electrons. The van der Waals surface area contributed by atoms with E-state index in [1.165, 1.54) is 6.08 Å². The predicted octanol–water partition coefficient (Wildman–Crippen LogP) is 5.52. The van der Waals surface area contributed by atoms with Crippen molar-refractivity contribution in [3.05, 3.63) is 68.1 Å². The lowest BCUT2D eigenvalue weighted by molar-refractivity contribution is -0.136. The average molecular weight is 440 g/mol. The van der Waals surface area contributed by atoms with E-state index in [4.69, 9.17) is 39.1 Å². The highest BCUT2D eigenvalue weighted by molar-refractivity contribution is 9.10. The molecule has 128 valence electrons. The van der Waals surface area contributed by atoms with E-state index < -0.39 is 5.97 Å². The van der Waals surface area contributed by atoms with Crippen LogP contribution in [0, 0.1) is 12.3 Å². The number of benzene rings is 2. The van der Waals surface area contributed by atoms with Gasteiger partial charge in [0.15, 0.2) is 6.61 Å². The number of esters is 1. The second-order valence-corrected chi connectivity index (χ2v) is 6.54. The van der Waals surface area contributed by atoms with Crippen molar-refractivity contribution < 1.29 is 14.3 Å². The highest BCUT2D eigenvalue weighted by atomic mass is 79.9. The monoisotopic (exact) mass is 438 g/mol. The molecule has 0 spiro atoms. The molecule has 0 N–H and O–H groups in total. The van der Waals surface area contributed by atoms with Crippen LogP contribution in [-0.4, -0.2) is 12.6 Å². The molecule has 0 saturated carbocycles. The van der Waals surface area contributed by atoms with Crippen LogP contribution < -0.4 is 4.74 Å². The third kappa shape index (κ3) is 6.13. The summed E-state index contributed by atoms with van der Waals surface area (Å²) in [4.78, 5) is 11.4. The van der Waals surface area contributed by atoms with Crippen LogP contribution in [0.3, 0.4) is 0 Å². The summed E-state index contributed by atoms with van der Waals surface area (Å²) >= 11 is 15.3. The molecule has 3 nitrogen and oxygen atoms in total. The highest BCUT2D eigenvalue weighted by Crippen LogP contribution is 2.28. The molecule has 0 unspecified atom stereocenters. The van der Waals surface area contributed by atoms with E-state index in [9.17, 15) is 4.79 Å². The Kier molecular flexibility index (Phi) is 7.39. The third-order valence-corrected chi connectivity index (χ3v) is 4.40. The second kappa shape index (κ2) is 9.53. The maximum atomic E-state index is 11.4. The summed E-state index contributed by atoms with van der Waals surface area (Å²) in [5.74, 6) is 2.40. The van der Waals surface area contributed by atoms with Crippen molar-refractivity contribution in [2.75, 3.05) is 6.61 Å². The first kappa shape index (κ1) is 19.4. The Morgan fingerprint density at radius 1 is 1.20 bits per heavy atom. The number of rotatable bonds is 6. The quantitative estimate of drug-likeness (QED) is 0.337. The van der Waals surface area contributed by atoms with Crippen LogP contribution in [0.5, 0.6) is 5.75 Å². The summed E-state index contributed by atoms with van der Waals surface area (Å²) in [6.45, 7) is 0.303. The maximum absolute atomic E-state index is 11.4. The van der Waals surface area contributed by atoms with Gasteiger partial charge in [0.2, 0.25) is 0 Å². The molecule has 0 fully saturated rings. The summed E-state index contributed by atoms with van der Waals surface area (Å²) in [5, 5.41) is 0.988. The molecule has 0 aliphatic rings. The molecule has 0 aliphatic heterocycles. The molecule has 0 saturated heterocycles. The van der Waals surface area contributed by atoms with Crippen LogP contribution in [0.2, 0.25) is 10.0 Å². The van der Waals surface area contributed by atoms with Gasteiger partial charge < -0.3 is 9.47 Å². The minimum absolute atomic E-state index is 0.0473.